The molecule has 3 N–H and O–H groups in total. The predicted molar refractivity (Wildman–Crippen MR) is 99.4 cm³/mol. The second-order valence-electron chi connectivity index (χ2n) is 6.29. The van der Waals surface area contributed by atoms with Crippen molar-refractivity contribution >= 4 is 12.0 Å². The first-order valence-corrected chi connectivity index (χ1v) is 8.85. The fourth-order valence-corrected chi connectivity index (χ4v) is 2.62. The molecule has 2 amide bonds. The molecule has 1 aromatic rings. The molecule has 6 heteroatoms. The largest absolute Gasteiger partial charge is 0.453 e. The molecule has 0 heterocycles. The molecule has 0 saturated heterocycles. The third-order valence-corrected chi connectivity index (χ3v) is 4.37. The lowest BCUT2D eigenvalue weighted by Crippen LogP contribution is -2.53. The lowest BCUT2D eigenvalue weighted by atomic mass is 9.97. The highest BCUT2D eigenvalue weighted by Crippen LogP contribution is 2.11. The van der Waals surface area contributed by atoms with Crippen molar-refractivity contribution in [2.75, 3.05) is 20.7 Å². The quantitative estimate of drug-likeness (QED) is 0.604. The molecule has 3 atom stereocenters. The molecule has 0 aromatic heterocycles. The summed E-state index contributed by atoms with van der Waals surface area (Å²) >= 11 is 0. The number of carbonyl (C=O) groups is 2. The van der Waals surface area contributed by atoms with Crippen LogP contribution in [0.15, 0.2) is 30.3 Å². The van der Waals surface area contributed by atoms with Crippen LogP contribution >= 0.6 is 0 Å². The normalized spacial score (nSPS) is 14.2. The van der Waals surface area contributed by atoms with Gasteiger partial charge in [0.15, 0.2) is 0 Å². The number of benzene rings is 1. The van der Waals surface area contributed by atoms with E-state index in [9.17, 15) is 9.59 Å². The van der Waals surface area contributed by atoms with E-state index in [0.29, 0.717) is 0 Å². The summed E-state index contributed by atoms with van der Waals surface area (Å²) in [5, 5.41) is 8.87. The number of hydrogen-bond donors (Lipinski definition) is 3. The third kappa shape index (κ3) is 7.56. The minimum Gasteiger partial charge on any atom is -0.453 e. The summed E-state index contributed by atoms with van der Waals surface area (Å²) in [5.41, 5.74) is 1.17. The summed E-state index contributed by atoms with van der Waals surface area (Å²) in [5.74, 6) is -0.155. The number of rotatable bonds is 10. The van der Waals surface area contributed by atoms with Crippen LogP contribution in [-0.4, -0.2) is 44.8 Å². The van der Waals surface area contributed by atoms with E-state index in [0.717, 1.165) is 25.8 Å². The van der Waals surface area contributed by atoms with Crippen LogP contribution in [0.5, 0.6) is 0 Å². The molecule has 0 spiro atoms. The first kappa shape index (κ1) is 21.0. The molecule has 0 fully saturated rings. The van der Waals surface area contributed by atoms with Gasteiger partial charge in [-0.15, -0.1) is 0 Å². The summed E-state index contributed by atoms with van der Waals surface area (Å²) in [6, 6.07) is 9.46. The van der Waals surface area contributed by atoms with Crippen molar-refractivity contribution in [2.45, 2.75) is 45.2 Å². The number of methoxy groups -OCH3 is 1. The molecule has 0 unspecified atom stereocenters. The standard InChI is InChI=1S/C19H31N3O3/c1-5-14(2)17(22-19(24)25-4)18(23)21-16(11-12-20-3)13-15-9-7-6-8-10-15/h6-10,14,16-17,20H,5,11-13H2,1-4H3,(H,21,23)(H,22,24)/t14-,16+,17-/m0/s1. The summed E-state index contributed by atoms with van der Waals surface area (Å²) in [7, 11) is 3.19. The van der Waals surface area contributed by atoms with Gasteiger partial charge in [0.25, 0.3) is 0 Å². The zero-order chi connectivity index (χ0) is 18.7. The Labute approximate surface area is 150 Å². The maximum Gasteiger partial charge on any atom is 0.407 e. The van der Waals surface area contributed by atoms with Crippen LogP contribution < -0.4 is 16.0 Å². The molecule has 1 rings (SSSR count). The maximum atomic E-state index is 12.8. The molecule has 140 valence electrons. The lowest BCUT2D eigenvalue weighted by Gasteiger charge is -2.26. The Morgan fingerprint density at radius 3 is 2.40 bits per heavy atom. The Bertz CT molecular complexity index is 522. The molecule has 0 aliphatic heterocycles. The monoisotopic (exact) mass is 349 g/mol. The minimum atomic E-state index is -0.606. The molecule has 0 aliphatic carbocycles. The van der Waals surface area contributed by atoms with Crippen LogP contribution in [0.1, 0.15) is 32.3 Å². The van der Waals surface area contributed by atoms with Gasteiger partial charge in [-0.25, -0.2) is 4.79 Å². The zero-order valence-electron chi connectivity index (χ0n) is 15.7. The van der Waals surface area contributed by atoms with Gasteiger partial charge in [0.1, 0.15) is 6.04 Å². The predicted octanol–water partition coefficient (Wildman–Crippen LogP) is 2.09. The summed E-state index contributed by atoms with van der Waals surface area (Å²) in [4.78, 5) is 24.3. The molecule has 1 aromatic carbocycles. The van der Waals surface area contributed by atoms with Crippen LogP contribution in [0.2, 0.25) is 0 Å². The number of nitrogens with one attached hydrogen (secondary N) is 3. The fourth-order valence-electron chi connectivity index (χ4n) is 2.62. The average Bonchev–Trinajstić information content (AvgIpc) is 2.63. The summed E-state index contributed by atoms with van der Waals surface area (Å²) in [6.07, 6.45) is 1.75. The van der Waals surface area contributed by atoms with E-state index in [1.165, 1.54) is 12.7 Å². The Balaban J connectivity index is 2.79. The Kier molecular flexibility index (Phi) is 9.62. The molecular weight excluding hydrogens is 318 g/mol. The summed E-state index contributed by atoms with van der Waals surface area (Å²) in [6.45, 7) is 4.74. The zero-order valence-corrected chi connectivity index (χ0v) is 15.7. The van der Waals surface area contributed by atoms with E-state index in [1.807, 2.05) is 39.1 Å². The van der Waals surface area contributed by atoms with Gasteiger partial charge in [0, 0.05) is 6.04 Å². The summed E-state index contributed by atoms with van der Waals surface area (Å²) < 4.78 is 4.65. The van der Waals surface area contributed by atoms with E-state index in [-0.39, 0.29) is 17.9 Å². The highest BCUT2D eigenvalue weighted by atomic mass is 16.5. The van der Waals surface area contributed by atoms with E-state index < -0.39 is 12.1 Å². The van der Waals surface area contributed by atoms with E-state index in [4.69, 9.17) is 0 Å². The van der Waals surface area contributed by atoms with Gasteiger partial charge in [0.05, 0.1) is 7.11 Å². The molecule has 0 saturated carbocycles. The smallest absolute Gasteiger partial charge is 0.407 e. The van der Waals surface area contributed by atoms with Crippen molar-refractivity contribution in [2.24, 2.45) is 5.92 Å². The van der Waals surface area contributed by atoms with Gasteiger partial charge in [-0.3, -0.25) is 4.79 Å². The SMILES string of the molecule is CC[C@H](C)[C@H](NC(=O)OC)C(=O)N[C@H](CCNC)Cc1ccccc1. The van der Waals surface area contributed by atoms with Gasteiger partial charge in [-0.05, 0) is 37.9 Å². The Morgan fingerprint density at radius 2 is 1.84 bits per heavy atom. The molecule has 0 radical (unpaired) electrons. The number of carbonyl (C=O) groups excluding carboxylic acids is 2. The lowest BCUT2D eigenvalue weighted by molar-refractivity contribution is -0.125. The van der Waals surface area contributed by atoms with Crippen molar-refractivity contribution < 1.29 is 14.3 Å². The molecule has 6 nitrogen and oxygen atoms in total. The van der Waals surface area contributed by atoms with Gasteiger partial charge in [-0.2, -0.15) is 0 Å². The van der Waals surface area contributed by atoms with Crippen LogP contribution in [0.4, 0.5) is 4.79 Å². The molecule has 25 heavy (non-hydrogen) atoms. The van der Waals surface area contributed by atoms with E-state index >= 15 is 0 Å². The highest BCUT2D eigenvalue weighted by Gasteiger charge is 2.27. The maximum absolute atomic E-state index is 12.8. The molecule has 0 aliphatic rings. The fraction of sp³-hybridized carbons (Fsp3) is 0.579. The first-order valence-electron chi connectivity index (χ1n) is 8.85. The van der Waals surface area contributed by atoms with Crippen LogP contribution in [0.25, 0.3) is 0 Å². The van der Waals surface area contributed by atoms with Crippen molar-refractivity contribution in [3.05, 3.63) is 35.9 Å². The van der Waals surface area contributed by atoms with Crippen molar-refractivity contribution in [1.82, 2.24) is 16.0 Å². The third-order valence-electron chi connectivity index (χ3n) is 4.37. The minimum absolute atomic E-state index is 0.00615. The topological polar surface area (TPSA) is 79.5 Å². The Hall–Kier alpha value is -2.08. The number of amides is 2. The van der Waals surface area contributed by atoms with E-state index in [2.05, 4.69) is 32.8 Å². The second-order valence-corrected chi connectivity index (χ2v) is 6.29. The Morgan fingerprint density at radius 1 is 1.16 bits per heavy atom. The number of ether oxygens (including phenoxy) is 1. The van der Waals surface area contributed by atoms with Crippen molar-refractivity contribution in [3.63, 3.8) is 0 Å². The highest BCUT2D eigenvalue weighted by molar-refractivity contribution is 5.86. The first-order chi connectivity index (χ1) is 12.0. The van der Waals surface area contributed by atoms with Gasteiger partial charge in [0.2, 0.25) is 5.91 Å². The van der Waals surface area contributed by atoms with E-state index in [1.54, 1.807) is 0 Å². The number of hydrogen-bond acceptors (Lipinski definition) is 4. The van der Waals surface area contributed by atoms with Crippen LogP contribution in [0.3, 0.4) is 0 Å². The van der Waals surface area contributed by atoms with Gasteiger partial charge < -0.3 is 20.7 Å². The van der Waals surface area contributed by atoms with Gasteiger partial charge in [-0.1, -0.05) is 50.6 Å². The average molecular weight is 349 g/mol. The molecule has 0 bridgehead atoms. The van der Waals surface area contributed by atoms with Crippen molar-refractivity contribution in [1.29, 1.82) is 0 Å². The van der Waals surface area contributed by atoms with Crippen LogP contribution in [0, 0.1) is 5.92 Å². The number of alkyl carbamates (subject to hydrolysis) is 1. The van der Waals surface area contributed by atoms with Gasteiger partial charge >= 0.3 is 6.09 Å². The molecular formula is C19H31N3O3. The second kappa shape index (κ2) is 11.5. The van der Waals surface area contributed by atoms with Crippen molar-refractivity contribution in [3.8, 4) is 0 Å². The van der Waals surface area contributed by atoms with Crippen LogP contribution in [-0.2, 0) is 16.0 Å².